The van der Waals surface area contributed by atoms with Crippen LogP contribution in [0.25, 0.3) is 6.15 Å². The summed E-state index contributed by atoms with van der Waals surface area (Å²) in [5, 5.41) is 0. The van der Waals surface area contributed by atoms with Gasteiger partial charge in [-0.25, -0.2) is 0 Å². The summed E-state index contributed by atoms with van der Waals surface area (Å²) >= 11 is 0. The van der Waals surface area contributed by atoms with Gasteiger partial charge in [0.2, 0.25) is 0 Å². The molecule has 1 nitrogen and oxygen atoms in total. The fourth-order valence-corrected chi connectivity index (χ4v) is 0. The van der Waals surface area contributed by atoms with Crippen LogP contribution < -0.4 is 0 Å². The molecule has 0 saturated carbocycles. The molecule has 2 heteroatoms. The minimum atomic E-state index is 0. The summed E-state index contributed by atoms with van der Waals surface area (Å²) in [7, 11) is 0. The molecular formula is C4H14CuN-5. The Balaban J connectivity index is 0. The summed E-state index contributed by atoms with van der Waals surface area (Å²) in [6.07, 6.45) is 0. The Hall–Kier alpha value is 0.479. The summed E-state index contributed by atoms with van der Waals surface area (Å²) in [4.78, 5) is 0. The predicted molar refractivity (Wildman–Crippen MR) is 30.9 cm³/mol. The van der Waals surface area contributed by atoms with Crippen molar-refractivity contribution < 1.29 is 17.1 Å². The van der Waals surface area contributed by atoms with E-state index >= 15 is 0 Å². The van der Waals surface area contributed by atoms with Gasteiger partial charge in [0.15, 0.2) is 0 Å². The van der Waals surface area contributed by atoms with Crippen LogP contribution in [0.5, 0.6) is 0 Å². The third-order valence-corrected chi connectivity index (χ3v) is 0. The fourth-order valence-electron chi connectivity index (χ4n) is 0. The second-order valence-electron chi connectivity index (χ2n) is 0. The van der Waals surface area contributed by atoms with Gasteiger partial charge in [0.1, 0.15) is 0 Å². The average Bonchev–Trinajstić information content (AvgIpc) is 0. The van der Waals surface area contributed by atoms with Gasteiger partial charge >= 0.3 is 0 Å². The van der Waals surface area contributed by atoms with E-state index in [1.165, 1.54) is 0 Å². The molecule has 0 aromatic rings. The van der Waals surface area contributed by atoms with Crippen molar-refractivity contribution in [3.05, 3.63) is 35.9 Å². The summed E-state index contributed by atoms with van der Waals surface area (Å²) in [6.45, 7) is 0. The minimum Gasteiger partial charge on any atom is -0.693 e. The van der Waals surface area contributed by atoms with E-state index in [1.54, 1.807) is 0 Å². The van der Waals surface area contributed by atoms with Crippen molar-refractivity contribution in [2.24, 2.45) is 0 Å². The van der Waals surface area contributed by atoms with Crippen LogP contribution in [0.4, 0.5) is 0 Å². The Kier molecular flexibility index (Phi) is 67400. The van der Waals surface area contributed by atoms with E-state index in [1.807, 2.05) is 0 Å². The van der Waals surface area contributed by atoms with Crippen LogP contribution in [0.3, 0.4) is 0 Å². The molecular weight excluding hydrogens is 126 g/mol. The molecule has 0 heterocycles. The molecule has 0 spiro atoms. The van der Waals surface area contributed by atoms with Gasteiger partial charge < -0.3 is 35.9 Å². The normalized spacial score (nSPS) is 0. The van der Waals surface area contributed by atoms with Crippen LogP contribution in [-0.4, -0.2) is 0 Å². The van der Waals surface area contributed by atoms with Crippen molar-refractivity contribution >= 4 is 0 Å². The molecule has 51 valence electrons. The molecule has 0 aliphatic heterocycles. The number of hydrogen-bond acceptors (Lipinski definition) is 0. The maximum absolute atomic E-state index is 0. The quantitative estimate of drug-likeness (QED) is 0.365. The van der Waals surface area contributed by atoms with Crippen LogP contribution in [0.15, 0.2) is 0 Å². The third-order valence-electron chi connectivity index (χ3n) is 0. The first kappa shape index (κ1) is 846. The maximum Gasteiger partial charge on any atom is 0 e. The Labute approximate surface area is 53.6 Å². The smallest absolute Gasteiger partial charge is 0 e. The van der Waals surface area contributed by atoms with Crippen LogP contribution in [0.2, 0.25) is 0 Å². The summed E-state index contributed by atoms with van der Waals surface area (Å²) in [5.74, 6) is 0. The SMILES string of the molecule is [CH3-].[CH3-].[CH3-].[CH3-].[Cu].[NH2-]. The largest absolute Gasteiger partial charge is 0.693 e. The molecule has 0 aromatic heterocycles. The van der Waals surface area contributed by atoms with E-state index in [0.29, 0.717) is 0 Å². The Morgan fingerprint density at radius 3 is 0.500 bits per heavy atom. The van der Waals surface area contributed by atoms with Gasteiger partial charge in [-0.05, 0) is 0 Å². The number of hydrogen-bond donors (Lipinski definition) is 0. The van der Waals surface area contributed by atoms with Gasteiger partial charge in [-0.1, -0.05) is 0 Å². The van der Waals surface area contributed by atoms with Crippen molar-refractivity contribution in [3.63, 3.8) is 0 Å². The average molecular weight is 140 g/mol. The van der Waals surface area contributed by atoms with E-state index in [-0.39, 0.29) is 52.9 Å². The van der Waals surface area contributed by atoms with Crippen LogP contribution in [0, 0.1) is 29.7 Å². The Morgan fingerprint density at radius 2 is 0.500 bits per heavy atom. The van der Waals surface area contributed by atoms with Crippen molar-refractivity contribution in [1.82, 2.24) is 0 Å². The summed E-state index contributed by atoms with van der Waals surface area (Å²) in [6, 6.07) is 0. The van der Waals surface area contributed by atoms with Gasteiger partial charge in [-0.15, -0.1) is 0 Å². The van der Waals surface area contributed by atoms with E-state index in [0.717, 1.165) is 0 Å². The van der Waals surface area contributed by atoms with Crippen LogP contribution in [-0.2, 0) is 17.1 Å². The molecule has 6 heavy (non-hydrogen) atoms. The first-order valence-corrected chi connectivity index (χ1v) is 0. The second-order valence-corrected chi connectivity index (χ2v) is 0. The Morgan fingerprint density at radius 1 is 0.500 bits per heavy atom. The zero-order valence-electron chi connectivity index (χ0n) is 4.88. The number of nitrogens with two attached hydrogens (primary N) is 1. The molecule has 0 unspecified atom stereocenters. The first-order chi connectivity index (χ1) is 0. The van der Waals surface area contributed by atoms with E-state index in [2.05, 4.69) is 0 Å². The van der Waals surface area contributed by atoms with E-state index in [9.17, 15) is 0 Å². The summed E-state index contributed by atoms with van der Waals surface area (Å²) < 4.78 is 0. The molecule has 0 aromatic carbocycles. The molecule has 0 aliphatic rings. The molecule has 0 saturated heterocycles. The van der Waals surface area contributed by atoms with Crippen molar-refractivity contribution in [1.29, 1.82) is 0 Å². The molecule has 0 fully saturated rings. The van der Waals surface area contributed by atoms with Crippen LogP contribution >= 0.6 is 0 Å². The summed E-state index contributed by atoms with van der Waals surface area (Å²) in [5.41, 5.74) is 0. The van der Waals surface area contributed by atoms with Gasteiger partial charge in [0.25, 0.3) is 0 Å². The zero-order chi connectivity index (χ0) is 0. The molecule has 1 radical (unpaired) electrons. The molecule has 0 atom stereocenters. The third kappa shape index (κ3) is 236. The second kappa shape index (κ2) is 478. The minimum absolute atomic E-state index is 0. The van der Waals surface area contributed by atoms with Gasteiger partial charge in [0.05, 0.1) is 0 Å². The fraction of sp³-hybridized carbons (Fsp3) is 0. The standard InChI is InChI=1S/4CH3.Cu.H2N/h4*1H3;;1H2/q4*-1;;-1. The van der Waals surface area contributed by atoms with Crippen molar-refractivity contribution in [3.8, 4) is 0 Å². The Bertz CT molecular complexity index is 7.51. The monoisotopic (exact) mass is 139 g/mol. The zero-order valence-corrected chi connectivity index (χ0v) is 5.82. The van der Waals surface area contributed by atoms with E-state index < -0.39 is 0 Å². The van der Waals surface area contributed by atoms with Crippen molar-refractivity contribution in [2.45, 2.75) is 0 Å². The molecule has 0 rings (SSSR count). The van der Waals surface area contributed by atoms with Gasteiger partial charge in [-0.2, -0.15) is 0 Å². The van der Waals surface area contributed by atoms with Gasteiger partial charge in [-0.3, -0.25) is 0 Å². The maximum atomic E-state index is 0. The van der Waals surface area contributed by atoms with Crippen LogP contribution in [0.1, 0.15) is 0 Å². The topological polar surface area (TPSA) is 33.5 Å². The van der Waals surface area contributed by atoms with E-state index in [4.69, 9.17) is 0 Å². The first-order valence-electron chi connectivity index (χ1n) is 0. The molecule has 0 amide bonds. The van der Waals surface area contributed by atoms with Gasteiger partial charge in [0, 0.05) is 17.1 Å². The molecule has 0 bridgehead atoms. The molecule has 2 N–H and O–H groups in total. The number of rotatable bonds is 0. The molecule has 0 aliphatic carbocycles. The van der Waals surface area contributed by atoms with Crippen molar-refractivity contribution in [2.75, 3.05) is 0 Å². The predicted octanol–water partition coefficient (Wildman–Crippen LogP) is 2.52.